The highest BCUT2D eigenvalue weighted by Gasteiger charge is 2.21. The first-order chi connectivity index (χ1) is 9.20. The van der Waals surface area contributed by atoms with Crippen LogP contribution in [0, 0.1) is 16.0 Å². The topological polar surface area (TPSA) is 64.4 Å². The van der Waals surface area contributed by atoms with Crippen molar-refractivity contribution >= 4 is 5.69 Å². The molecule has 1 aliphatic rings. The molecule has 0 atom stereocenters. The van der Waals surface area contributed by atoms with E-state index < -0.39 is 0 Å². The van der Waals surface area contributed by atoms with Crippen molar-refractivity contribution in [3.8, 4) is 5.75 Å². The molecule has 1 N–H and O–H groups in total. The molecule has 1 fully saturated rings. The highest BCUT2D eigenvalue weighted by molar-refractivity contribution is 5.48. The molecular formula is C14H20N2O3. The summed E-state index contributed by atoms with van der Waals surface area (Å²) in [6.45, 7) is 4.08. The maximum atomic E-state index is 11.1. The molecule has 0 heterocycles. The second-order valence-electron chi connectivity index (χ2n) is 4.95. The van der Waals surface area contributed by atoms with Gasteiger partial charge in [-0.3, -0.25) is 10.1 Å². The predicted octanol–water partition coefficient (Wildman–Crippen LogP) is 2.88. The highest BCUT2D eigenvalue weighted by Crippen LogP contribution is 2.31. The van der Waals surface area contributed by atoms with Crippen molar-refractivity contribution in [2.45, 2.75) is 32.7 Å². The fourth-order valence-electron chi connectivity index (χ4n) is 2.07. The Balaban J connectivity index is 2.05. The minimum atomic E-state index is -0.369. The quantitative estimate of drug-likeness (QED) is 0.607. The first-order valence-corrected chi connectivity index (χ1v) is 6.81. The zero-order valence-electron chi connectivity index (χ0n) is 11.2. The van der Waals surface area contributed by atoms with Crippen molar-refractivity contribution in [2.75, 3.05) is 13.2 Å². The summed E-state index contributed by atoms with van der Waals surface area (Å²) < 4.78 is 5.60. The molecule has 1 aliphatic carbocycles. The molecule has 1 saturated carbocycles. The molecule has 0 aliphatic heterocycles. The molecular weight excluding hydrogens is 244 g/mol. The van der Waals surface area contributed by atoms with Crippen LogP contribution in [-0.2, 0) is 6.54 Å². The third-order valence-corrected chi connectivity index (χ3v) is 3.50. The summed E-state index contributed by atoms with van der Waals surface area (Å²) in [7, 11) is 0. The van der Waals surface area contributed by atoms with Gasteiger partial charge in [-0.1, -0.05) is 19.4 Å². The van der Waals surface area contributed by atoms with E-state index in [1.54, 1.807) is 12.1 Å². The average molecular weight is 264 g/mol. The van der Waals surface area contributed by atoms with Crippen molar-refractivity contribution in [1.29, 1.82) is 0 Å². The lowest BCUT2D eigenvalue weighted by atomic mass is 9.86. The number of nitrogens with zero attached hydrogens (tertiary/aromatic N) is 1. The molecule has 0 saturated heterocycles. The lowest BCUT2D eigenvalue weighted by Gasteiger charge is -2.25. The number of benzene rings is 1. The Bertz CT molecular complexity index is 444. The number of rotatable bonds is 7. The third-order valence-electron chi connectivity index (χ3n) is 3.50. The first-order valence-electron chi connectivity index (χ1n) is 6.81. The molecule has 0 radical (unpaired) electrons. The lowest BCUT2D eigenvalue weighted by Crippen LogP contribution is -2.19. The van der Waals surface area contributed by atoms with E-state index in [4.69, 9.17) is 4.74 Å². The van der Waals surface area contributed by atoms with E-state index in [-0.39, 0.29) is 10.6 Å². The Hall–Kier alpha value is -1.62. The van der Waals surface area contributed by atoms with Gasteiger partial charge in [0.15, 0.2) is 5.75 Å². The second-order valence-corrected chi connectivity index (χ2v) is 4.95. The van der Waals surface area contributed by atoms with Crippen LogP contribution in [0.5, 0.6) is 5.75 Å². The SMILES string of the molecule is CCNCc1ccc(OCC2CCC2)c([N+](=O)[O-])c1. The minimum Gasteiger partial charge on any atom is -0.487 e. The van der Waals surface area contributed by atoms with Crippen LogP contribution in [0.1, 0.15) is 31.7 Å². The fraction of sp³-hybridized carbons (Fsp3) is 0.571. The van der Waals surface area contributed by atoms with Gasteiger partial charge in [0.05, 0.1) is 11.5 Å². The van der Waals surface area contributed by atoms with Crippen LogP contribution in [0.2, 0.25) is 0 Å². The van der Waals surface area contributed by atoms with Crippen LogP contribution in [0.25, 0.3) is 0 Å². The number of hydrogen-bond acceptors (Lipinski definition) is 4. The summed E-state index contributed by atoms with van der Waals surface area (Å²) in [5.41, 5.74) is 0.972. The van der Waals surface area contributed by atoms with E-state index in [1.807, 2.05) is 13.0 Å². The molecule has 0 bridgehead atoms. The molecule has 1 aromatic carbocycles. The molecule has 0 unspecified atom stereocenters. The van der Waals surface area contributed by atoms with Crippen LogP contribution in [-0.4, -0.2) is 18.1 Å². The van der Waals surface area contributed by atoms with Crippen LogP contribution in [0.4, 0.5) is 5.69 Å². The number of nitrogens with one attached hydrogen (secondary N) is 1. The van der Waals surface area contributed by atoms with Gasteiger partial charge in [0.1, 0.15) is 0 Å². The van der Waals surface area contributed by atoms with E-state index >= 15 is 0 Å². The zero-order valence-corrected chi connectivity index (χ0v) is 11.2. The standard InChI is InChI=1S/C14H20N2O3/c1-2-15-9-12-6-7-14(13(8-12)16(17)18)19-10-11-4-3-5-11/h6-8,11,15H,2-5,9-10H2,1H3. The molecule has 1 aromatic rings. The average Bonchev–Trinajstić information content (AvgIpc) is 2.35. The monoisotopic (exact) mass is 264 g/mol. The van der Waals surface area contributed by atoms with E-state index in [2.05, 4.69) is 5.32 Å². The molecule has 0 aromatic heterocycles. The van der Waals surface area contributed by atoms with Crippen LogP contribution in [0.15, 0.2) is 18.2 Å². The van der Waals surface area contributed by atoms with Gasteiger partial charge in [-0.25, -0.2) is 0 Å². The Kier molecular flexibility index (Phi) is 4.74. The van der Waals surface area contributed by atoms with E-state index in [1.165, 1.54) is 19.3 Å². The molecule has 0 amide bonds. The van der Waals surface area contributed by atoms with Gasteiger partial charge in [-0.15, -0.1) is 0 Å². The van der Waals surface area contributed by atoms with Crippen molar-refractivity contribution < 1.29 is 9.66 Å². The maximum Gasteiger partial charge on any atom is 0.311 e. The normalized spacial score (nSPS) is 15.0. The summed E-state index contributed by atoms with van der Waals surface area (Å²) in [5, 5.41) is 14.2. The summed E-state index contributed by atoms with van der Waals surface area (Å²) in [6, 6.07) is 5.19. The van der Waals surface area contributed by atoms with Gasteiger partial charge in [0.25, 0.3) is 0 Å². The summed E-state index contributed by atoms with van der Waals surface area (Å²) in [5.74, 6) is 0.957. The fourth-order valence-corrected chi connectivity index (χ4v) is 2.07. The van der Waals surface area contributed by atoms with Crippen LogP contribution in [0.3, 0.4) is 0 Å². The Morgan fingerprint density at radius 1 is 1.47 bits per heavy atom. The molecule has 2 rings (SSSR count). The zero-order chi connectivity index (χ0) is 13.7. The van der Waals surface area contributed by atoms with E-state index in [0.717, 1.165) is 12.1 Å². The van der Waals surface area contributed by atoms with E-state index in [9.17, 15) is 10.1 Å². The molecule has 19 heavy (non-hydrogen) atoms. The molecule has 104 valence electrons. The van der Waals surface area contributed by atoms with Crippen molar-refractivity contribution in [2.24, 2.45) is 5.92 Å². The number of nitro groups is 1. The first kappa shape index (κ1) is 13.8. The maximum absolute atomic E-state index is 11.1. The summed E-state index contributed by atoms with van der Waals surface area (Å²) >= 11 is 0. The lowest BCUT2D eigenvalue weighted by molar-refractivity contribution is -0.386. The Morgan fingerprint density at radius 3 is 2.84 bits per heavy atom. The highest BCUT2D eigenvalue weighted by atomic mass is 16.6. The number of hydrogen-bond donors (Lipinski definition) is 1. The van der Waals surface area contributed by atoms with E-state index in [0.29, 0.717) is 24.8 Å². The third kappa shape index (κ3) is 3.67. The minimum absolute atomic E-state index is 0.0646. The molecule has 5 nitrogen and oxygen atoms in total. The Morgan fingerprint density at radius 2 is 2.26 bits per heavy atom. The van der Waals surface area contributed by atoms with Crippen LogP contribution >= 0.6 is 0 Å². The van der Waals surface area contributed by atoms with Gasteiger partial charge in [-0.05, 0) is 36.9 Å². The largest absolute Gasteiger partial charge is 0.487 e. The van der Waals surface area contributed by atoms with Crippen molar-refractivity contribution in [3.05, 3.63) is 33.9 Å². The van der Waals surface area contributed by atoms with Gasteiger partial charge >= 0.3 is 5.69 Å². The van der Waals surface area contributed by atoms with Crippen LogP contribution < -0.4 is 10.1 Å². The molecule has 5 heteroatoms. The van der Waals surface area contributed by atoms with Gasteiger partial charge in [-0.2, -0.15) is 0 Å². The van der Waals surface area contributed by atoms with Crippen molar-refractivity contribution in [3.63, 3.8) is 0 Å². The number of ether oxygens (including phenoxy) is 1. The van der Waals surface area contributed by atoms with Gasteiger partial charge < -0.3 is 10.1 Å². The van der Waals surface area contributed by atoms with Gasteiger partial charge in [0.2, 0.25) is 0 Å². The molecule has 0 spiro atoms. The summed E-state index contributed by atoms with van der Waals surface area (Å²) in [4.78, 5) is 10.7. The smallest absolute Gasteiger partial charge is 0.311 e. The van der Waals surface area contributed by atoms with Crippen molar-refractivity contribution in [1.82, 2.24) is 5.32 Å². The van der Waals surface area contributed by atoms with Gasteiger partial charge in [0, 0.05) is 12.6 Å². The second kappa shape index (κ2) is 6.52. The summed E-state index contributed by atoms with van der Waals surface area (Å²) in [6.07, 6.45) is 3.59. The predicted molar refractivity (Wildman–Crippen MR) is 73.3 cm³/mol. The Labute approximate surface area is 113 Å². The number of nitro benzene ring substituents is 1.